The number of nitrogens with zero attached hydrogens (tertiary/aromatic N) is 1. The molecule has 1 atom stereocenters. The predicted molar refractivity (Wildman–Crippen MR) is 103 cm³/mol. The van der Waals surface area contributed by atoms with Gasteiger partial charge in [0.2, 0.25) is 0 Å². The van der Waals surface area contributed by atoms with E-state index in [4.69, 9.17) is 0 Å². The monoisotopic (exact) mass is 361 g/mol. The highest BCUT2D eigenvalue weighted by Gasteiger charge is 2.16. The number of phenolic OH excluding ortho intramolecular Hbond substituents is 1. The predicted octanol–water partition coefficient (Wildman–Crippen LogP) is 4.56. The van der Waals surface area contributed by atoms with Gasteiger partial charge in [0.1, 0.15) is 17.5 Å². The second-order valence-electron chi connectivity index (χ2n) is 6.23. The summed E-state index contributed by atoms with van der Waals surface area (Å²) < 4.78 is 1.12. The minimum Gasteiger partial charge on any atom is -0.508 e. The first-order valence-electron chi connectivity index (χ1n) is 8.21. The van der Waals surface area contributed by atoms with E-state index in [1.165, 1.54) is 0 Å². The molecule has 0 saturated heterocycles. The van der Waals surface area contributed by atoms with Gasteiger partial charge in [0.25, 0.3) is 0 Å². The minimum atomic E-state index is -0.881. The quantitative estimate of drug-likeness (QED) is 0.380. The molecule has 1 unspecified atom stereocenters. The van der Waals surface area contributed by atoms with Crippen molar-refractivity contribution in [2.24, 2.45) is 0 Å². The Kier molecular flexibility index (Phi) is 3.34. The maximum Gasteiger partial charge on any atom is 0.126 e. The number of hydrogen-bond acceptors (Lipinski definition) is 4. The topological polar surface area (TPSA) is 84.9 Å². The fraction of sp³-hybridized carbons (Fsp3) is 0.0500. The molecule has 26 heavy (non-hydrogen) atoms. The second kappa shape index (κ2) is 5.72. The Hall–Kier alpha value is -3.09. The molecule has 3 aromatic heterocycles. The smallest absolute Gasteiger partial charge is 0.126 e. The van der Waals surface area contributed by atoms with Gasteiger partial charge in [-0.25, -0.2) is 0 Å². The molecule has 5 nitrogen and oxygen atoms in total. The molecule has 3 heterocycles. The van der Waals surface area contributed by atoms with Gasteiger partial charge in [0, 0.05) is 16.5 Å². The van der Waals surface area contributed by atoms with Crippen LogP contribution in [0.1, 0.15) is 17.2 Å². The fourth-order valence-corrected chi connectivity index (χ4v) is 4.13. The number of phenols is 1. The van der Waals surface area contributed by atoms with Gasteiger partial charge < -0.3 is 15.2 Å². The number of aliphatic hydroxyl groups excluding tert-OH is 1. The van der Waals surface area contributed by atoms with Crippen LogP contribution in [0.15, 0.2) is 60.0 Å². The van der Waals surface area contributed by atoms with E-state index < -0.39 is 6.10 Å². The van der Waals surface area contributed by atoms with Crippen molar-refractivity contribution >= 4 is 32.5 Å². The van der Waals surface area contributed by atoms with Gasteiger partial charge in [-0.15, -0.1) is 11.3 Å². The highest BCUT2D eigenvalue weighted by atomic mass is 32.1. The van der Waals surface area contributed by atoms with E-state index in [9.17, 15) is 10.2 Å². The summed E-state index contributed by atoms with van der Waals surface area (Å²) in [6.45, 7) is 0. The van der Waals surface area contributed by atoms with E-state index in [0.717, 1.165) is 38.1 Å². The van der Waals surface area contributed by atoms with Crippen molar-refractivity contribution in [1.82, 2.24) is 15.2 Å². The molecule has 0 aliphatic rings. The number of nitrogens with one attached hydrogen (secondary N) is 2. The summed E-state index contributed by atoms with van der Waals surface area (Å²) >= 11 is 1.65. The van der Waals surface area contributed by atoms with Crippen LogP contribution >= 0.6 is 11.3 Å². The summed E-state index contributed by atoms with van der Waals surface area (Å²) in [7, 11) is 0. The summed E-state index contributed by atoms with van der Waals surface area (Å²) in [5.41, 5.74) is 5.06. The second-order valence-corrected chi connectivity index (χ2v) is 7.14. The first-order chi connectivity index (χ1) is 12.7. The third kappa shape index (κ3) is 2.31. The summed E-state index contributed by atoms with van der Waals surface area (Å²) in [6.07, 6.45) is -0.881. The number of aromatic hydroxyl groups is 1. The molecule has 0 saturated carbocycles. The van der Waals surface area contributed by atoms with Crippen LogP contribution in [0, 0.1) is 0 Å². The number of aromatic amines is 2. The van der Waals surface area contributed by atoms with Crippen molar-refractivity contribution in [2.75, 3.05) is 0 Å². The van der Waals surface area contributed by atoms with Gasteiger partial charge in [0.05, 0.1) is 15.9 Å². The van der Waals surface area contributed by atoms with E-state index in [0.29, 0.717) is 5.56 Å². The van der Waals surface area contributed by atoms with Crippen LogP contribution in [-0.2, 0) is 0 Å². The van der Waals surface area contributed by atoms with Gasteiger partial charge in [-0.1, -0.05) is 24.3 Å². The highest BCUT2D eigenvalue weighted by Crippen LogP contribution is 2.34. The van der Waals surface area contributed by atoms with Crippen LogP contribution < -0.4 is 0 Å². The zero-order valence-electron chi connectivity index (χ0n) is 13.6. The molecular formula is C20H15N3O2S. The van der Waals surface area contributed by atoms with Crippen molar-refractivity contribution in [2.45, 2.75) is 6.10 Å². The average molecular weight is 361 g/mol. The number of rotatable bonds is 3. The molecule has 5 aromatic rings. The minimum absolute atomic E-state index is 0.0893. The number of fused-ring (bicyclic) bond motifs is 2. The van der Waals surface area contributed by atoms with Gasteiger partial charge in [-0.05, 0) is 41.3 Å². The number of hydrogen-bond donors (Lipinski definition) is 4. The van der Waals surface area contributed by atoms with Crippen LogP contribution in [0.2, 0.25) is 0 Å². The Labute approximate surface area is 152 Å². The Morgan fingerprint density at radius 3 is 2.77 bits per heavy atom. The molecule has 0 aliphatic carbocycles. The fourth-order valence-electron chi connectivity index (χ4n) is 3.28. The van der Waals surface area contributed by atoms with E-state index in [-0.39, 0.29) is 5.75 Å². The number of aromatic nitrogens is 3. The lowest BCUT2D eigenvalue weighted by atomic mass is 9.99. The first-order valence-corrected chi connectivity index (χ1v) is 9.09. The van der Waals surface area contributed by atoms with Gasteiger partial charge >= 0.3 is 0 Å². The van der Waals surface area contributed by atoms with E-state index in [1.54, 1.807) is 35.6 Å². The highest BCUT2D eigenvalue weighted by molar-refractivity contribution is 7.17. The molecule has 4 N–H and O–H groups in total. The zero-order valence-corrected chi connectivity index (χ0v) is 14.4. The number of aliphatic hydroxyl groups is 1. The Bertz CT molecular complexity index is 1230. The molecule has 0 fully saturated rings. The van der Waals surface area contributed by atoms with E-state index in [2.05, 4.69) is 15.2 Å². The molecule has 0 aliphatic heterocycles. The largest absolute Gasteiger partial charge is 0.508 e. The van der Waals surface area contributed by atoms with Crippen molar-refractivity contribution in [3.63, 3.8) is 0 Å². The van der Waals surface area contributed by atoms with Crippen LogP contribution in [-0.4, -0.2) is 25.4 Å². The molecule has 0 spiro atoms. The third-order valence-corrected chi connectivity index (χ3v) is 5.54. The number of thiophene rings is 1. The molecule has 0 amide bonds. The normalized spacial score (nSPS) is 12.8. The van der Waals surface area contributed by atoms with Gasteiger partial charge in [0.15, 0.2) is 0 Å². The van der Waals surface area contributed by atoms with Crippen LogP contribution in [0.25, 0.3) is 32.5 Å². The van der Waals surface area contributed by atoms with E-state index >= 15 is 0 Å². The van der Waals surface area contributed by atoms with Crippen LogP contribution in [0.4, 0.5) is 0 Å². The molecule has 128 valence electrons. The van der Waals surface area contributed by atoms with Gasteiger partial charge in [-0.2, -0.15) is 5.10 Å². The van der Waals surface area contributed by atoms with Crippen molar-refractivity contribution < 1.29 is 10.2 Å². The Morgan fingerprint density at radius 1 is 1.00 bits per heavy atom. The van der Waals surface area contributed by atoms with Crippen LogP contribution in [0.5, 0.6) is 5.75 Å². The number of benzene rings is 2. The lowest BCUT2D eigenvalue weighted by Crippen LogP contribution is -1.99. The average Bonchev–Trinajstić information content (AvgIpc) is 3.35. The Morgan fingerprint density at radius 2 is 1.88 bits per heavy atom. The summed E-state index contributed by atoms with van der Waals surface area (Å²) in [5.74, 6) is 0.0893. The number of para-hydroxylation sites is 1. The standard InChI is InChI=1S/C20H15N3O2S/c24-17-4-2-1-3-13(17)19(25)11-5-6-14-12(9-11)10-16(21-14)18-20-15(22-23-18)7-8-26-20/h1-10,19,21,24-25H,(H,22,23). The van der Waals surface area contributed by atoms with E-state index in [1.807, 2.05) is 35.7 Å². The lowest BCUT2D eigenvalue weighted by molar-refractivity contribution is 0.215. The van der Waals surface area contributed by atoms with Crippen LogP contribution in [0.3, 0.4) is 0 Å². The maximum absolute atomic E-state index is 10.7. The van der Waals surface area contributed by atoms with Crippen molar-refractivity contribution in [3.8, 4) is 17.1 Å². The van der Waals surface area contributed by atoms with Crippen molar-refractivity contribution in [1.29, 1.82) is 0 Å². The Balaban J connectivity index is 1.58. The molecular weight excluding hydrogens is 346 g/mol. The maximum atomic E-state index is 10.7. The lowest BCUT2D eigenvalue weighted by Gasteiger charge is -2.13. The SMILES string of the molecule is Oc1ccccc1C(O)c1ccc2[nH]c(-c3n[nH]c4ccsc34)cc2c1. The molecule has 6 heteroatoms. The summed E-state index contributed by atoms with van der Waals surface area (Å²) in [4.78, 5) is 3.39. The number of H-pyrrole nitrogens is 2. The summed E-state index contributed by atoms with van der Waals surface area (Å²) in [6, 6.07) is 16.6. The molecule has 5 rings (SSSR count). The molecule has 0 radical (unpaired) electrons. The zero-order chi connectivity index (χ0) is 17.7. The first kappa shape index (κ1) is 15.2. The summed E-state index contributed by atoms with van der Waals surface area (Å²) in [5, 5.41) is 31.1. The molecule has 2 aromatic carbocycles. The molecule has 0 bridgehead atoms. The van der Waals surface area contributed by atoms with Gasteiger partial charge in [-0.3, -0.25) is 5.10 Å². The third-order valence-electron chi connectivity index (χ3n) is 4.62. The van der Waals surface area contributed by atoms with Crippen molar-refractivity contribution in [3.05, 3.63) is 71.1 Å².